The lowest BCUT2D eigenvalue weighted by molar-refractivity contribution is 0.102. The molecule has 0 radical (unpaired) electrons. The SMILES string of the molecule is Cc1cccnc1NC(=O)c1csc(C)c1C. The van der Waals surface area contributed by atoms with E-state index in [1.807, 2.05) is 38.3 Å². The van der Waals surface area contributed by atoms with Crippen molar-refractivity contribution < 1.29 is 4.79 Å². The van der Waals surface area contributed by atoms with E-state index in [0.29, 0.717) is 5.82 Å². The molecule has 0 saturated heterocycles. The highest BCUT2D eigenvalue weighted by molar-refractivity contribution is 7.10. The van der Waals surface area contributed by atoms with Gasteiger partial charge in [0.05, 0.1) is 5.56 Å². The van der Waals surface area contributed by atoms with Crippen LogP contribution in [-0.4, -0.2) is 10.9 Å². The summed E-state index contributed by atoms with van der Waals surface area (Å²) < 4.78 is 0. The molecule has 0 unspecified atom stereocenters. The summed E-state index contributed by atoms with van der Waals surface area (Å²) in [6.45, 7) is 5.91. The van der Waals surface area contributed by atoms with Crippen molar-refractivity contribution in [3.63, 3.8) is 0 Å². The largest absolute Gasteiger partial charge is 0.306 e. The number of nitrogens with zero attached hydrogens (tertiary/aromatic N) is 1. The smallest absolute Gasteiger partial charge is 0.257 e. The molecule has 4 heteroatoms. The van der Waals surface area contributed by atoms with Crippen LogP contribution in [0.3, 0.4) is 0 Å². The molecular weight excluding hydrogens is 232 g/mol. The van der Waals surface area contributed by atoms with E-state index in [9.17, 15) is 4.79 Å². The first kappa shape index (κ1) is 11.8. The number of thiophene rings is 1. The summed E-state index contributed by atoms with van der Waals surface area (Å²) in [6, 6.07) is 3.78. The van der Waals surface area contributed by atoms with Crippen molar-refractivity contribution in [2.45, 2.75) is 20.8 Å². The molecule has 2 rings (SSSR count). The van der Waals surface area contributed by atoms with Crippen molar-refractivity contribution >= 4 is 23.1 Å². The van der Waals surface area contributed by atoms with Crippen LogP contribution in [-0.2, 0) is 0 Å². The Morgan fingerprint density at radius 2 is 2.12 bits per heavy atom. The van der Waals surface area contributed by atoms with Gasteiger partial charge in [0, 0.05) is 16.5 Å². The Hall–Kier alpha value is -1.68. The van der Waals surface area contributed by atoms with Crippen LogP contribution >= 0.6 is 11.3 Å². The quantitative estimate of drug-likeness (QED) is 0.883. The van der Waals surface area contributed by atoms with Crippen LogP contribution in [0, 0.1) is 20.8 Å². The Morgan fingerprint density at radius 3 is 2.71 bits per heavy atom. The third-order valence-corrected chi connectivity index (χ3v) is 3.78. The molecule has 2 aromatic rings. The third kappa shape index (κ3) is 2.36. The van der Waals surface area contributed by atoms with E-state index >= 15 is 0 Å². The molecule has 17 heavy (non-hydrogen) atoms. The Kier molecular flexibility index (Phi) is 3.24. The highest BCUT2D eigenvalue weighted by Gasteiger charge is 2.13. The maximum Gasteiger partial charge on any atom is 0.257 e. The highest BCUT2D eigenvalue weighted by Crippen LogP contribution is 2.21. The number of nitrogens with one attached hydrogen (secondary N) is 1. The fourth-order valence-electron chi connectivity index (χ4n) is 1.53. The van der Waals surface area contributed by atoms with Crippen LogP contribution in [0.4, 0.5) is 5.82 Å². The molecule has 0 fully saturated rings. The molecule has 0 saturated carbocycles. The topological polar surface area (TPSA) is 42.0 Å². The number of hydrogen-bond acceptors (Lipinski definition) is 3. The minimum absolute atomic E-state index is 0.0892. The molecule has 2 heterocycles. The van der Waals surface area contributed by atoms with Crippen LogP contribution in [0.5, 0.6) is 0 Å². The van der Waals surface area contributed by atoms with E-state index in [-0.39, 0.29) is 5.91 Å². The minimum Gasteiger partial charge on any atom is -0.306 e. The molecule has 0 bridgehead atoms. The lowest BCUT2D eigenvalue weighted by Crippen LogP contribution is -2.14. The van der Waals surface area contributed by atoms with Crippen LogP contribution in [0.25, 0.3) is 0 Å². The molecule has 0 atom stereocenters. The summed E-state index contributed by atoms with van der Waals surface area (Å²) in [5.74, 6) is 0.536. The van der Waals surface area contributed by atoms with Gasteiger partial charge in [-0.1, -0.05) is 6.07 Å². The first-order valence-corrected chi connectivity index (χ1v) is 6.25. The Bertz CT molecular complexity index is 560. The lowest BCUT2D eigenvalue weighted by atomic mass is 10.1. The molecule has 3 nitrogen and oxygen atoms in total. The van der Waals surface area contributed by atoms with Gasteiger partial charge in [0.25, 0.3) is 5.91 Å². The number of hydrogen-bond donors (Lipinski definition) is 1. The van der Waals surface area contributed by atoms with Crippen LogP contribution in [0.15, 0.2) is 23.7 Å². The molecular formula is C13H14N2OS. The van der Waals surface area contributed by atoms with Crippen molar-refractivity contribution in [1.29, 1.82) is 0 Å². The van der Waals surface area contributed by atoms with E-state index in [1.165, 1.54) is 4.88 Å². The number of aryl methyl sites for hydroxylation is 2. The molecule has 0 aliphatic heterocycles. The van der Waals surface area contributed by atoms with Crippen LogP contribution in [0.2, 0.25) is 0 Å². The Balaban J connectivity index is 2.23. The van der Waals surface area contributed by atoms with Gasteiger partial charge in [-0.05, 0) is 38.0 Å². The molecule has 2 aromatic heterocycles. The molecule has 1 N–H and O–H groups in total. The van der Waals surface area contributed by atoms with Gasteiger partial charge in [-0.2, -0.15) is 0 Å². The number of aromatic nitrogens is 1. The molecule has 1 amide bonds. The number of rotatable bonds is 2. The Morgan fingerprint density at radius 1 is 1.35 bits per heavy atom. The number of carbonyl (C=O) groups excluding carboxylic acids is 1. The number of amides is 1. The number of pyridine rings is 1. The summed E-state index contributed by atoms with van der Waals surface area (Å²) in [5.41, 5.74) is 2.74. The zero-order valence-corrected chi connectivity index (χ0v) is 10.9. The molecule has 0 spiro atoms. The van der Waals surface area contributed by atoms with E-state index in [0.717, 1.165) is 16.7 Å². The lowest BCUT2D eigenvalue weighted by Gasteiger charge is -2.06. The summed E-state index contributed by atoms with van der Waals surface area (Å²) in [5, 5.41) is 4.72. The minimum atomic E-state index is -0.0892. The maximum absolute atomic E-state index is 12.1. The van der Waals surface area contributed by atoms with Gasteiger partial charge in [-0.25, -0.2) is 4.98 Å². The number of anilines is 1. The second-order valence-corrected chi connectivity index (χ2v) is 5.04. The fourth-order valence-corrected chi connectivity index (χ4v) is 2.39. The van der Waals surface area contributed by atoms with E-state index in [2.05, 4.69) is 10.3 Å². The molecule has 0 aromatic carbocycles. The first-order chi connectivity index (χ1) is 8.09. The second-order valence-electron chi connectivity index (χ2n) is 3.95. The molecule has 0 aliphatic rings. The van der Waals surface area contributed by atoms with Crippen molar-refractivity contribution in [3.05, 3.63) is 45.3 Å². The fraction of sp³-hybridized carbons (Fsp3) is 0.231. The molecule has 88 valence electrons. The van der Waals surface area contributed by atoms with Crippen LogP contribution < -0.4 is 5.32 Å². The summed E-state index contributed by atoms with van der Waals surface area (Å²) in [7, 11) is 0. The van der Waals surface area contributed by atoms with Crippen molar-refractivity contribution in [1.82, 2.24) is 4.98 Å². The average molecular weight is 246 g/mol. The maximum atomic E-state index is 12.1. The van der Waals surface area contributed by atoms with Gasteiger partial charge in [-0.15, -0.1) is 11.3 Å². The number of carbonyl (C=O) groups is 1. The standard InChI is InChI=1S/C13H14N2OS/c1-8-5-4-6-14-12(8)15-13(16)11-7-17-10(3)9(11)2/h4-7H,1-3H3,(H,14,15,16). The third-order valence-electron chi connectivity index (χ3n) is 2.77. The summed E-state index contributed by atoms with van der Waals surface area (Å²) in [6.07, 6.45) is 1.67. The zero-order valence-electron chi connectivity index (χ0n) is 10.1. The van der Waals surface area contributed by atoms with Gasteiger partial charge < -0.3 is 5.32 Å². The first-order valence-electron chi connectivity index (χ1n) is 5.37. The van der Waals surface area contributed by atoms with Crippen molar-refractivity contribution in [3.8, 4) is 0 Å². The van der Waals surface area contributed by atoms with Crippen molar-refractivity contribution in [2.75, 3.05) is 5.32 Å². The summed E-state index contributed by atoms with van der Waals surface area (Å²) in [4.78, 5) is 17.4. The van der Waals surface area contributed by atoms with Gasteiger partial charge in [0.15, 0.2) is 0 Å². The van der Waals surface area contributed by atoms with E-state index in [4.69, 9.17) is 0 Å². The van der Waals surface area contributed by atoms with Gasteiger partial charge in [0.2, 0.25) is 0 Å². The predicted octanol–water partition coefficient (Wildman–Crippen LogP) is 3.32. The monoisotopic (exact) mass is 246 g/mol. The average Bonchev–Trinajstić information content (AvgIpc) is 2.63. The van der Waals surface area contributed by atoms with Crippen molar-refractivity contribution in [2.24, 2.45) is 0 Å². The predicted molar refractivity (Wildman–Crippen MR) is 70.7 cm³/mol. The zero-order chi connectivity index (χ0) is 12.4. The van der Waals surface area contributed by atoms with Gasteiger partial charge in [-0.3, -0.25) is 4.79 Å². The Labute approximate surface area is 105 Å². The van der Waals surface area contributed by atoms with E-state index < -0.39 is 0 Å². The second kappa shape index (κ2) is 4.67. The molecule has 0 aliphatic carbocycles. The van der Waals surface area contributed by atoms with E-state index in [1.54, 1.807) is 17.5 Å². The van der Waals surface area contributed by atoms with Crippen LogP contribution in [0.1, 0.15) is 26.4 Å². The van der Waals surface area contributed by atoms with Gasteiger partial charge >= 0.3 is 0 Å². The summed E-state index contributed by atoms with van der Waals surface area (Å²) >= 11 is 1.59. The van der Waals surface area contributed by atoms with Gasteiger partial charge in [0.1, 0.15) is 5.82 Å². The normalized spacial score (nSPS) is 10.3. The highest BCUT2D eigenvalue weighted by atomic mass is 32.1.